The summed E-state index contributed by atoms with van der Waals surface area (Å²) >= 11 is 6.18. The highest BCUT2D eigenvalue weighted by atomic mass is 35.5. The lowest BCUT2D eigenvalue weighted by atomic mass is 10.1. The Kier molecular flexibility index (Phi) is 6.10. The second-order valence-electron chi connectivity index (χ2n) is 5.14. The number of hydrogen-bond donors (Lipinski definition) is 1. The van der Waals surface area contributed by atoms with E-state index in [-0.39, 0.29) is 24.8 Å². The second kappa shape index (κ2) is 8.06. The highest BCUT2D eigenvalue weighted by Crippen LogP contribution is 2.38. The fourth-order valence-corrected chi connectivity index (χ4v) is 2.64. The Balaban J connectivity index is 2.06. The maximum absolute atomic E-state index is 12.4. The molecule has 0 unspecified atom stereocenters. The number of rotatable bonds is 6. The van der Waals surface area contributed by atoms with Gasteiger partial charge in [0.25, 0.3) is 0 Å². The van der Waals surface area contributed by atoms with Crippen LogP contribution in [0.2, 0.25) is 5.02 Å². The van der Waals surface area contributed by atoms with Gasteiger partial charge < -0.3 is 19.7 Å². The van der Waals surface area contributed by atoms with Crippen LogP contribution in [-0.4, -0.2) is 49.6 Å². The van der Waals surface area contributed by atoms with Gasteiger partial charge in [0.05, 0.1) is 18.0 Å². The molecule has 0 saturated carbocycles. The minimum absolute atomic E-state index is 0.0570. The minimum atomic E-state index is -0.164. The lowest BCUT2D eigenvalue weighted by molar-refractivity contribution is -0.135. The van der Waals surface area contributed by atoms with E-state index in [2.05, 4.69) is 5.32 Å². The number of nitrogens with zero attached hydrogens (tertiary/aromatic N) is 1. The van der Waals surface area contributed by atoms with E-state index in [0.29, 0.717) is 42.8 Å². The van der Waals surface area contributed by atoms with E-state index < -0.39 is 0 Å². The summed E-state index contributed by atoms with van der Waals surface area (Å²) in [5.74, 6) is 0.775. The van der Waals surface area contributed by atoms with Crippen molar-refractivity contribution < 1.29 is 19.1 Å². The number of fused-ring (bicyclic) bond motifs is 1. The van der Waals surface area contributed by atoms with Crippen molar-refractivity contribution in [2.75, 3.05) is 32.8 Å². The van der Waals surface area contributed by atoms with Crippen LogP contribution < -0.4 is 14.8 Å². The number of carbonyl (C=O) groups is 2. The molecule has 6 nitrogen and oxygen atoms in total. The molecule has 0 aromatic heterocycles. The molecule has 1 aliphatic heterocycles. The predicted molar refractivity (Wildman–Crippen MR) is 87.1 cm³/mol. The normalized spacial score (nSPS) is 12.7. The lowest BCUT2D eigenvalue weighted by Gasteiger charge is -2.22. The summed E-state index contributed by atoms with van der Waals surface area (Å²) in [5, 5.41) is 3.12. The summed E-state index contributed by atoms with van der Waals surface area (Å²) in [7, 11) is 0. The maximum Gasteiger partial charge on any atom is 0.239 e. The summed E-state index contributed by atoms with van der Waals surface area (Å²) in [6.07, 6.45) is 0.156. The number of benzene rings is 1. The monoisotopic (exact) mass is 340 g/mol. The lowest BCUT2D eigenvalue weighted by Crippen LogP contribution is -2.41. The molecule has 0 bridgehead atoms. The van der Waals surface area contributed by atoms with Crippen LogP contribution >= 0.6 is 11.6 Å². The first-order valence-electron chi connectivity index (χ1n) is 7.67. The Morgan fingerprint density at radius 3 is 2.70 bits per heavy atom. The van der Waals surface area contributed by atoms with E-state index in [4.69, 9.17) is 21.1 Å². The average Bonchev–Trinajstić information content (AvgIpc) is 2.52. The molecule has 0 atom stereocenters. The SMILES string of the molecule is CCNC(=O)CN(CC)C(=O)Cc1cc(Cl)c2c(c1)OCCO2. The number of ether oxygens (including phenoxy) is 2. The Labute approximate surface area is 140 Å². The number of halogens is 1. The fourth-order valence-electron chi connectivity index (χ4n) is 2.36. The van der Waals surface area contributed by atoms with Crippen molar-refractivity contribution in [1.82, 2.24) is 10.2 Å². The van der Waals surface area contributed by atoms with E-state index in [9.17, 15) is 9.59 Å². The van der Waals surface area contributed by atoms with E-state index >= 15 is 0 Å². The number of nitrogens with one attached hydrogen (secondary N) is 1. The van der Waals surface area contributed by atoms with Crippen LogP contribution in [0.25, 0.3) is 0 Å². The van der Waals surface area contributed by atoms with Gasteiger partial charge in [0, 0.05) is 13.1 Å². The highest BCUT2D eigenvalue weighted by molar-refractivity contribution is 6.32. The van der Waals surface area contributed by atoms with Gasteiger partial charge in [-0.1, -0.05) is 11.6 Å². The fraction of sp³-hybridized carbons (Fsp3) is 0.500. The zero-order valence-electron chi connectivity index (χ0n) is 13.4. The van der Waals surface area contributed by atoms with E-state index in [0.717, 1.165) is 5.56 Å². The van der Waals surface area contributed by atoms with Crippen molar-refractivity contribution in [3.8, 4) is 11.5 Å². The Hall–Kier alpha value is -1.95. The van der Waals surface area contributed by atoms with Crippen molar-refractivity contribution in [3.05, 3.63) is 22.7 Å². The van der Waals surface area contributed by atoms with Crippen molar-refractivity contribution in [2.24, 2.45) is 0 Å². The topological polar surface area (TPSA) is 67.9 Å². The molecule has 2 rings (SSSR count). The smallest absolute Gasteiger partial charge is 0.239 e. The molecule has 1 heterocycles. The van der Waals surface area contributed by atoms with Gasteiger partial charge >= 0.3 is 0 Å². The summed E-state index contributed by atoms with van der Waals surface area (Å²) in [4.78, 5) is 25.6. The van der Waals surface area contributed by atoms with Crippen LogP contribution in [0.5, 0.6) is 11.5 Å². The van der Waals surface area contributed by atoms with Crippen molar-refractivity contribution >= 4 is 23.4 Å². The molecule has 0 spiro atoms. The van der Waals surface area contributed by atoms with Crippen molar-refractivity contribution in [1.29, 1.82) is 0 Å². The van der Waals surface area contributed by atoms with Crippen molar-refractivity contribution in [3.63, 3.8) is 0 Å². The van der Waals surface area contributed by atoms with E-state index in [1.807, 2.05) is 13.8 Å². The third-order valence-electron chi connectivity index (χ3n) is 3.45. The third kappa shape index (κ3) is 4.51. The van der Waals surface area contributed by atoms with Crippen LogP contribution in [0.1, 0.15) is 19.4 Å². The summed E-state index contributed by atoms with van der Waals surface area (Å²) < 4.78 is 11.0. The Morgan fingerprint density at radius 1 is 1.26 bits per heavy atom. The molecular formula is C16H21ClN2O4. The maximum atomic E-state index is 12.4. The number of hydrogen-bond acceptors (Lipinski definition) is 4. The zero-order valence-corrected chi connectivity index (χ0v) is 14.1. The molecular weight excluding hydrogens is 320 g/mol. The first-order chi connectivity index (χ1) is 11.0. The Morgan fingerprint density at radius 2 is 2.00 bits per heavy atom. The van der Waals surface area contributed by atoms with Gasteiger partial charge in [-0.15, -0.1) is 0 Å². The van der Waals surface area contributed by atoms with Crippen LogP contribution in [-0.2, 0) is 16.0 Å². The standard InChI is InChI=1S/C16H21ClN2O4/c1-3-18-14(20)10-19(4-2)15(21)9-11-7-12(17)16-13(8-11)22-5-6-23-16/h7-8H,3-6,9-10H2,1-2H3,(H,18,20). The van der Waals surface area contributed by atoms with Gasteiger partial charge in [0.1, 0.15) is 13.2 Å². The molecule has 23 heavy (non-hydrogen) atoms. The van der Waals surface area contributed by atoms with Crippen LogP contribution in [0.15, 0.2) is 12.1 Å². The second-order valence-corrected chi connectivity index (χ2v) is 5.55. The van der Waals surface area contributed by atoms with Crippen molar-refractivity contribution in [2.45, 2.75) is 20.3 Å². The first-order valence-corrected chi connectivity index (χ1v) is 8.05. The highest BCUT2D eigenvalue weighted by Gasteiger charge is 2.20. The van der Waals surface area contributed by atoms with Gasteiger partial charge in [-0.25, -0.2) is 0 Å². The summed E-state index contributed by atoms with van der Waals surface area (Å²) in [6.45, 7) is 5.67. The van der Waals surface area contributed by atoms with E-state index in [1.165, 1.54) is 4.90 Å². The third-order valence-corrected chi connectivity index (χ3v) is 3.74. The molecule has 1 aliphatic rings. The summed E-state index contributed by atoms with van der Waals surface area (Å²) in [5.41, 5.74) is 0.735. The molecule has 1 N–H and O–H groups in total. The minimum Gasteiger partial charge on any atom is -0.486 e. The molecule has 0 radical (unpaired) electrons. The van der Waals surface area contributed by atoms with Gasteiger partial charge in [0.2, 0.25) is 11.8 Å². The van der Waals surface area contributed by atoms with E-state index in [1.54, 1.807) is 12.1 Å². The van der Waals surface area contributed by atoms with Gasteiger partial charge in [-0.05, 0) is 31.5 Å². The average molecular weight is 341 g/mol. The predicted octanol–water partition coefficient (Wildman–Crippen LogP) is 1.64. The molecule has 0 fully saturated rings. The number of carbonyl (C=O) groups excluding carboxylic acids is 2. The van der Waals surface area contributed by atoms with Gasteiger partial charge in [-0.3, -0.25) is 9.59 Å². The summed E-state index contributed by atoms with van der Waals surface area (Å²) in [6, 6.07) is 3.46. The molecule has 126 valence electrons. The molecule has 0 saturated heterocycles. The number of amides is 2. The van der Waals surface area contributed by atoms with Crippen LogP contribution in [0, 0.1) is 0 Å². The molecule has 7 heteroatoms. The van der Waals surface area contributed by atoms with Crippen LogP contribution in [0.3, 0.4) is 0 Å². The quantitative estimate of drug-likeness (QED) is 0.854. The molecule has 0 aliphatic carbocycles. The van der Waals surface area contributed by atoms with Gasteiger partial charge in [0.15, 0.2) is 11.5 Å². The Bertz CT molecular complexity index is 592. The molecule has 1 aromatic carbocycles. The molecule has 2 amide bonds. The zero-order chi connectivity index (χ0) is 16.8. The first kappa shape index (κ1) is 17.4. The van der Waals surface area contributed by atoms with Gasteiger partial charge in [-0.2, -0.15) is 0 Å². The largest absolute Gasteiger partial charge is 0.486 e. The number of likely N-dealkylation sites (N-methyl/N-ethyl adjacent to an activating group) is 2. The molecule has 1 aromatic rings. The van der Waals surface area contributed by atoms with Crippen LogP contribution in [0.4, 0.5) is 0 Å².